The highest BCUT2D eigenvalue weighted by Gasteiger charge is 2.38. The van der Waals surface area contributed by atoms with E-state index in [0.717, 1.165) is 24.3 Å². The summed E-state index contributed by atoms with van der Waals surface area (Å²) in [7, 11) is -3.72. The molecule has 2 bridgehead atoms. The predicted molar refractivity (Wildman–Crippen MR) is 70.7 cm³/mol. The Morgan fingerprint density at radius 1 is 1.32 bits per heavy atom. The van der Waals surface area contributed by atoms with Gasteiger partial charge < -0.3 is 9.73 Å². The molecule has 1 aromatic heterocycles. The molecular formula is C13H20N2O3S. The van der Waals surface area contributed by atoms with Crippen molar-refractivity contribution in [3.8, 4) is 0 Å². The number of hydrogen-bond acceptors (Lipinski definition) is 4. The van der Waals surface area contributed by atoms with Crippen molar-refractivity contribution in [2.24, 2.45) is 22.9 Å². The Balaban J connectivity index is 1.49. The molecule has 3 N–H and O–H groups in total. The largest absolute Gasteiger partial charge is 0.447 e. The lowest BCUT2D eigenvalue weighted by Crippen LogP contribution is -2.26. The zero-order chi connectivity index (χ0) is 13.5. The number of nitrogens with two attached hydrogens (primary N) is 1. The van der Waals surface area contributed by atoms with Crippen molar-refractivity contribution in [3.05, 3.63) is 17.9 Å². The molecule has 0 amide bonds. The quantitative estimate of drug-likeness (QED) is 0.857. The van der Waals surface area contributed by atoms with Gasteiger partial charge in [0.1, 0.15) is 5.76 Å². The summed E-state index contributed by atoms with van der Waals surface area (Å²) < 4.78 is 27.4. The molecule has 2 saturated carbocycles. The van der Waals surface area contributed by atoms with Crippen molar-refractivity contribution in [1.29, 1.82) is 0 Å². The first-order valence-corrected chi connectivity index (χ1v) is 8.39. The predicted octanol–water partition coefficient (Wildman–Crippen LogP) is 1.45. The van der Waals surface area contributed by atoms with Crippen LogP contribution in [0, 0.1) is 17.8 Å². The average molecular weight is 284 g/mol. The maximum Gasteiger partial charge on any atom is 0.271 e. The summed E-state index contributed by atoms with van der Waals surface area (Å²) in [5.41, 5.74) is 0. The van der Waals surface area contributed by atoms with Crippen molar-refractivity contribution >= 4 is 10.0 Å². The monoisotopic (exact) mass is 284 g/mol. The number of rotatable bonds is 5. The van der Waals surface area contributed by atoms with Gasteiger partial charge in [0, 0.05) is 0 Å². The molecule has 2 fully saturated rings. The number of primary sulfonamides is 1. The van der Waals surface area contributed by atoms with Crippen LogP contribution >= 0.6 is 0 Å². The highest BCUT2D eigenvalue weighted by atomic mass is 32.2. The fourth-order valence-corrected chi connectivity index (χ4v) is 4.09. The van der Waals surface area contributed by atoms with E-state index in [1.54, 1.807) is 6.07 Å². The minimum Gasteiger partial charge on any atom is -0.447 e. The van der Waals surface area contributed by atoms with Crippen molar-refractivity contribution in [3.63, 3.8) is 0 Å². The molecule has 0 saturated heterocycles. The molecule has 5 nitrogen and oxygen atoms in total. The molecule has 1 heterocycles. The first-order valence-electron chi connectivity index (χ1n) is 6.84. The Morgan fingerprint density at radius 2 is 2.16 bits per heavy atom. The van der Waals surface area contributed by atoms with Gasteiger partial charge in [-0.15, -0.1) is 0 Å². The highest BCUT2D eigenvalue weighted by molar-refractivity contribution is 7.89. The van der Waals surface area contributed by atoms with Gasteiger partial charge in [0.05, 0.1) is 6.54 Å². The van der Waals surface area contributed by atoms with E-state index in [0.29, 0.717) is 12.3 Å². The summed E-state index contributed by atoms with van der Waals surface area (Å²) in [6.45, 7) is 1.55. The van der Waals surface area contributed by atoms with Gasteiger partial charge in [-0.05, 0) is 55.7 Å². The number of nitrogens with one attached hydrogen (secondary N) is 1. The van der Waals surface area contributed by atoms with Crippen LogP contribution in [0.1, 0.15) is 31.4 Å². The molecule has 0 radical (unpaired) electrons. The van der Waals surface area contributed by atoms with Crippen LogP contribution in [0.2, 0.25) is 0 Å². The van der Waals surface area contributed by atoms with Crippen molar-refractivity contribution < 1.29 is 12.8 Å². The third-order valence-electron chi connectivity index (χ3n) is 4.51. The lowest BCUT2D eigenvalue weighted by atomic mass is 9.89. The van der Waals surface area contributed by atoms with Crippen molar-refractivity contribution in [2.75, 3.05) is 6.54 Å². The lowest BCUT2D eigenvalue weighted by Gasteiger charge is -2.21. The van der Waals surface area contributed by atoms with Crippen LogP contribution in [0.5, 0.6) is 0 Å². The molecule has 6 heteroatoms. The van der Waals surface area contributed by atoms with E-state index in [4.69, 9.17) is 9.56 Å². The number of fused-ring (bicyclic) bond motifs is 2. The first-order chi connectivity index (χ1) is 9.02. The molecule has 3 atom stereocenters. The van der Waals surface area contributed by atoms with E-state index in [1.807, 2.05) is 0 Å². The van der Waals surface area contributed by atoms with Gasteiger partial charge in [-0.2, -0.15) is 0 Å². The molecule has 1 aromatic rings. The Morgan fingerprint density at radius 3 is 2.74 bits per heavy atom. The van der Waals surface area contributed by atoms with E-state index < -0.39 is 10.0 Å². The van der Waals surface area contributed by atoms with Crippen molar-refractivity contribution in [1.82, 2.24) is 5.32 Å². The van der Waals surface area contributed by atoms with Crippen molar-refractivity contribution in [2.45, 2.75) is 37.3 Å². The number of sulfonamides is 1. The summed E-state index contributed by atoms with van der Waals surface area (Å²) in [6.07, 6.45) is 5.55. The van der Waals surface area contributed by atoms with Gasteiger partial charge in [-0.1, -0.05) is 6.42 Å². The molecule has 3 rings (SSSR count). The topological polar surface area (TPSA) is 85.3 Å². The van der Waals surface area contributed by atoms with E-state index in [2.05, 4.69) is 5.32 Å². The average Bonchev–Trinajstić information content (AvgIpc) is 3.02. The minimum absolute atomic E-state index is 0.163. The Hall–Kier alpha value is -0.850. The SMILES string of the molecule is NS(=O)(=O)c1ccc(CNCC2CC3CCC2C3)o1. The van der Waals surface area contributed by atoms with E-state index in [-0.39, 0.29) is 5.09 Å². The maximum absolute atomic E-state index is 11.1. The maximum atomic E-state index is 11.1. The molecule has 0 spiro atoms. The van der Waals surface area contributed by atoms with Crippen LogP contribution in [0.15, 0.2) is 21.6 Å². The Labute approximate surface area is 113 Å². The summed E-state index contributed by atoms with van der Waals surface area (Å²) in [6, 6.07) is 3.07. The van der Waals surface area contributed by atoms with Gasteiger partial charge >= 0.3 is 0 Å². The van der Waals surface area contributed by atoms with E-state index in [1.165, 1.54) is 31.7 Å². The number of hydrogen-bond donors (Lipinski definition) is 2. The highest BCUT2D eigenvalue weighted by Crippen LogP contribution is 2.47. The lowest BCUT2D eigenvalue weighted by molar-refractivity contribution is 0.311. The van der Waals surface area contributed by atoms with Crippen LogP contribution in [0.3, 0.4) is 0 Å². The third kappa shape index (κ3) is 2.85. The van der Waals surface area contributed by atoms with Crippen LogP contribution in [0.4, 0.5) is 0 Å². The smallest absolute Gasteiger partial charge is 0.271 e. The molecule has 3 unspecified atom stereocenters. The fourth-order valence-electron chi connectivity index (χ4n) is 3.61. The second kappa shape index (κ2) is 4.92. The first kappa shape index (κ1) is 13.1. The summed E-state index contributed by atoms with van der Waals surface area (Å²) in [5, 5.41) is 8.20. The minimum atomic E-state index is -3.72. The molecule has 106 valence electrons. The molecule has 19 heavy (non-hydrogen) atoms. The summed E-state index contributed by atoms with van der Waals surface area (Å²) >= 11 is 0. The normalized spacial score (nSPS) is 30.1. The molecule has 2 aliphatic rings. The second-order valence-electron chi connectivity index (χ2n) is 5.83. The summed E-state index contributed by atoms with van der Waals surface area (Å²) in [5.74, 6) is 3.25. The third-order valence-corrected chi connectivity index (χ3v) is 5.29. The van der Waals surface area contributed by atoms with Crippen LogP contribution in [-0.4, -0.2) is 15.0 Å². The standard InChI is InChI=1S/C13H20N2O3S/c14-19(16,17)13-4-3-12(18-13)8-15-7-11-6-9-1-2-10(11)5-9/h3-4,9-11,15H,1-2,5-8H2,(H2,14,16,17). The van der Waals surface area contributed by atoms with Crippen LogP contribution in [-0.2, 0) is 16.6 Å². The number of furan rings is 1. The molecular weight excluding hydrogens is 264 g/mol. The van der Waals surface area contributed by atoms with Crippen LogP contribution in [0.25, 0.3) is 0 Å². The van der Waals surface area contributed by atoms with Gasteiger partial charge in [0.2, 0.25) is 5.09 Å². The summed E-state index contributed by atoms with van der Waals surface area (Å²) in [4.78, 5) is 0. The molecule has 2 aliphatic carbocycles. The Kier molecular flexibility index (Phi) is 3.41. The zero-order valence-corrected chi connectivity index (χ0v) is 11.7. The van der Waals surface area contributed by atoms with Crippen LogP contribution < -0.4 is 10.5 Å². The zero-order valence-electron chi connectivity index (χ0n) is 10.8. The van der Waals surface area contributed by atoms with E-state index in [9.17, 15) is 8.42 Å². The van der Waals surface area contributed by atoms with E-state index >= 15 is 0 Å². The van der Waals surface area contributed by atoms with Gasteiger partial charge in [-0.25, -0.2) is 13.6 Å². The second-order valence-corrected chi connectivity index (χ2v) is 7.32. The fraction of sp³-hybridized carbons (Fsp3) is 0.692. The molecule has 0 aliphatic heterocycles. The van der Waals surface area contributed by atoms with Gasteiger partial charge in [-0.3, -0.25) is 0 Å². The Bertz CT molecular complexity index is 552. The van der Waals surface area contributed by atoms with Gasteiger partial charge in [0.15, 0.2) is 0 Å². The molecule has 0 aromatic carbocycles. The van der Waals surface area contributed by atoms with Gasteiger partial charge in [0.25, 0.3) is 10.0 Å².